The monoisotopic (exact) mass is 279 g/mol. The Morgan fingerprint density at radius 1 is 1.21 bits per heavy atom. The van der Waals surface area contributed by atoms with Crippen LogP contribution in [0.3, 0.4) is 0 Å². The summed E-state index contributed by atoms with van der Waals surface area (Å²) < 4.78 is 0. The molecule has 1 aromatic rings. The van der Waals surface area contributed by atoms with Gasteiger partial charge in [-0.1, -0.05) is 39.3 Å². The maximum Gasteiger partial charge on any atom is 0.0292 e. The Labute approximate surface area is 123 Å². The zero-order chi connectivity index (χ0) is 14.1. The molecule has 0 heterocycles. The van der Waals surface area contributed by atoms with E-state index in [9.17, 15) is 0 Å². The van der Waals surface area contributed by atoms with Crippen LogP contribution >= 0.6 is 11.8 Å². The van der Waals surface area contributed by atoms with Crippen LogP contribution in [0, 0.1) is 5.92 Å². The summed E-state index contributed by atoms with van der Waals surface area (Å²) in [5.74, 6) is 2.06. The zero-order valence-corrected chi connectivity index (χ0v) is 13.7. The second kappa shape index (κ2) is 9.44. The third-order valence-electron chi connectivity index (χ3n) is 3.25. The van der Waals surface area contributed by atoms with Crippen LogP contribution in [0.4, 0.5) is 0 Å². The average molecular weight is 279 g/mol. The van der Waals surface area contributed by atoms with Gasteiger partial charge >= 0.3 is 0 Å². The fourth-order valence-electron chi connectivity index (χ4n) is 2.03. The summed E-state index contributed by atoms with van der Waals surface area (Å²) in [6.45, 7) is 10.1. The predicted octanol–water partition coefficient (Wildman–Crippen LogP) is 5.28. The van der Waals surface area contributed by atoms with Crippen molar-refractivity contribution in [3.05, 3.63) is 29.8 Å². The minimum absolute atomic E-state index is 0.455. The van der Waals surface area contributed by atoms with Gasteiger partial charge in [0.1, 0.15) is 0 Å². The number of rotatable bonds is 9. The number of hydrogen-bond donors (Lipinski definition) is 1. The van der Waals surface area contributed by atoms with Gasteiger partial charge in [0.15, 0.2) is 0 Å². The molecule has 1 nitrogen and oxygen atoms in total. The summed E-state index contributed by atoms with van der Waals surface area (Å²) in [5.41, 5.74) is 1.40. The van der Waals surface area contributed by atoms with E-state index >= 15 is 0 Å². The first-order chi connectivity index (χ1) is 9.13. The molecule has 0 spiro atoms. The van der Waals surface area contributed by atoms with Crippen molar-refractivity contribution >= 4 is 11.8 Å². The fourth-order valence-corrected chi connectivity index (χ4v) is 2.97. The van der Waals surface area contributed by atoms with E-state index < -0.39 is 0 Å². The topological polar surface area (TPSA) is 12.0 Å². The molecule has 0 aromatic heterocycles. The van der Waals surface area contributed by atoms with E-state index in [1.807, 2.05) is 11.8 Å². The van der Waals surface area contributed by atoms with E-state index in [1.54, 1.807) is 0 Å². The van der Waals surface area contributed by atoms with Gasteiger partial charge in [-0.15, -0.1) is 11.8 Å². The quantitative estimate of drug-likeness (QED) is 0.488. The highest BCUT2D eigenvalue weighted by atomic mass is 32.2. The molecule has 108 valence electrons. The molecule has 0 saturated carbocycles. The van der Waals surface area contributed by atoms with Crippen LogP contribution in [-0.2, 0) is 0 Å². The lowest BCUT2D eigenvalue weighted by Gasteiger charge is -2.14. The van der Waals surface area contributed by atoms with Crippen molar-refractivity contribution < 1.29 is 0 Å². The lowest BCUT2D eigenvalue weighted by molar-refractivity contribution is 0.570. The molecule has 19 heavy (non-hydrogen) atoms. The molecule has 0 bridgehead atoms. The summed E-state index contributed by atoms with van der Waals surface area (Å²) in [6.07, 6.45) is 3.84. The molecule has 1 atom stereocenters. The number of nitrogens with one attached hydrogen (secondary N) is 1. The lowest BCUT2D eigenvalue weighted by atomic mass is 10.1. The highest BCUT2D eigenvalue weighted by Crippen LogP contribution is 2.23. The molecule has 0 amide bonds. The van der Waals surface area contributed by atoms with Crippen LogP contribution in [0.15, 0.2) is 29.2 Å². The molecule has 1 N–H and O–H groups in total. The Bertz CT molecular complexity index is 349. The standard InChI is InChI=1S/C17H29NS/c1-5-11-18-15(4)16-9-6-10-17(13-16)19-12-7-8-14(2)3/h6,9-10,13-15,18H,5,7-8,11-12H2,1-4H3. The van der Waals surface area contributed by atoms with E-state index in [0.717, 1.165) is 12.5 Å². The summed E-state index contributed by atoms with van der Waals surface area (Å²) >= 11 is 1.99. The van der Waals surface area contributed by atoms with Gasteiger partial charge in [-0.25, -0.2) is 0 Å². The van der Waals surface area contributed by atoms with Gasteiger partial charge in [0.2, 0.25) is 0 Å². The maximum atomic E-state index is 3.55. The highest BCUT2D eigenvalue weighted by molar-refractivity contribution is 7.99. The molecule has 2 heteroatoms. The Balaban J connectivity index is 2.43. The fraction of sp³-hybridized carbons (Fsp3) is 0.647. The first-order valence-corrected chi connectivity index (χ1v) is 8.58. The Morgan fingerprint density at radius 2 is 2.00 bits per heavy atom. The van der Waals surface area contributed by atoms with Crippen molar-refractivity contribution in [1.82, 2.24) is 5.32 Å². The van der Waals surface area contributed by atoms with Crippen molar-refractivity contribution in [1.29, 1.82) is 0 Å². The molecule has 1 aromatic carbocycles. The van der Waals surface area contributed by atoms with Crippen LogP contribution < -0.4 is 5.32 Å². The van der Waals surface area contributed by atoms with Crippen molar-refractivity contribution in [3.63, 3.8) is 0 Å². The smallest absolute Gasteiger partial charge is 0.0292 e. The average Bonchev–Trinajstić information content (AvgIpc) is 2.41. The van der Waals surface area contributed by atoms with E-state index in [4.69, 9.17) is 0 Å². The Hall–Kier alpha value is -0.470. The zero-order valence-electron chi connectivity index (χ0n) is 12.9. The predicted molar refractivity (Wildman–Crippen MR) is 87.9 cm³/mol. The van der Waals surface area contributed by atoms with E-state index in [0.29, 0.717) is 6.04 Å². The summed E-state index contributed by atoms with van der Waals surface area (Å²) in [7, 11) is 0. The third-order valence-corrected chi connectivity index (χ3v) is 4.33. The van der Waals surface area contributed by atoms with Crippen LogP contribution in [0.25, 0.3) is 0 Å². The van der Waals surface area contributed by atoms with Gasteiger partial charge in [-0.3, -0.25) is 0 Å². The van der Waals surface area contributed by atoms with Gasteiger partial charge in [0.05, 0.1) is 0 Å². The third kappa shape index (κ3) is 7.03. The minimum Gasteiger partial charge on any atom is -0.310 e. The normalized spacial score (nSPS) is 12.9. The molecule has 0 aliphatic heterocycles. The highest BCUT2D eigenvalue weighted by Gasteiger charge is 2.05. The van der Waals surface area contributed by atoms with Crippen molar-refractivity contribution in [2.75, 3.05) is 12.3 Å². The van der Waals surface area contributed by atoms with E-state index in [-0.39, 0.29) is 0 Å². The maximum absolute atomic E-state index is 3.55. The molecule has 0 aliphatic rings. The first-order valence-electron chi connectivity index (χ1n) is 7.59. The van der Waals surface area contributed by atoms with Gasteiger partial charge in [0.25, 0.3) is 0 Å². The van der Waals surface area contributed by atoms with Gasteiger partial charge in [-0.2, -0.15) is 0 Å². The van der Waals surface area contributed by atoms with Crippen molar-refractivity contribution in [2.24, 2.45) is 5.92 Å². The van der Waals surface area contributed by atoms with E-state index in [1.165, 1.54) is 35.5 Å². The van der Waals surface area contributed by atoms with Crippen molar-refractivity contribution in [3.8, 4) is 0 Å². The number of thioether (sulfide) groups is 1. The molecule has 1 unspecified atom stereocenters. The second-order valence-corrected chi connectivity index (χ2v) is 6.80. The van der Waals surface area contributed by atoms with Crippen LogP contribution in [0.1, 0.15) is 58.6 Å². The molecule has 0 saturated heterocycles. The lowest BCUT2D eigenvalue weighted by Crippen LogP contribution is -2.19. The van der Waals surface area contributed by atoms with Crippen LogP contribution in [0.2, 0.25) is 0 Å². The van der Waals surface area contributed by atoms with Crippen LogP contribution in [0.5, 0.6) is 0 Å². The summed E-state index contributed by atoms with van der Waals surface area (Å²) in [6, 6.07) is 9.44. The molecular weight excluding hydrogens is 250 g/mol. The van der Waals surface area contributed by atoms with E-state index in [2.05, 4.69) is 57.3 Å². The second-order valence-electron chi connectivity index (χ2n) is 5.63. The summed E-state index contributed by atoms with van der Waals surface area (Å²) in [5, 5.41) is 3.55. The molecule has 0 radical (unpaired) electrons. The summed E-state index contributed by atoms with van der Waals surface area (Å²) in [4.78, 5) is 1.41. The Morgan fingerprint density at radius 3 is 2.68 bits per heavy atom. The largest absolute Gasteiger partial charge is 0.310 e. The minimum atomic E-state index is 0.455. The van der Waals surface area contributed by atoms with Gasteiger partial charge < -0.3 is 5.32 Å². The molecule has 0 fully saturated rings. The van der Waals surface area contributed by atoms with Crippen LogP contribution in [-0.4, -0.2) is 12.3 Å². The molecule has 1 rings (SSSR count). The SMILES string of the molecule is CCCNC(C)c1cccc(SCCCC(C)C)c1. The molecule has 0 aliphatic carbocycles. The Kier molecular flexibility index (Phi) is 8.24. The van der Waals surface area contributed by atoms with Gasteiger partial charge in [0, 0.05) is 10.9 Å². The molecular formula is C17H29NS. The number of benzene rings is 1. The first kappa shape index (κ1) is 16.6. The van der Waals surface area contributed by atoms with Gasteiger partial charge in [-0.05, 0) is 55.7 Å². The van der Waals surface area contributed by atoms with Crippen molar-refractivity contribution in [2.45, 2.75) is 57.9 Å². The number of hydrogen-bond acceptors (Lipinski definition) is 2.